The second-order valence-electron chi connectivity index (χ2n) is 6.19. The molecule has 0 N–H and O–H groups in total. The van der Waals surface area contributed by atoms with Crippen molar-refractivity contribution in [2.75, 3.05) is 4.90 Å². The van der Waals surface area contributed by atoms with Crippen LogP contribution in [0.15, 0.2) is 36.4 Å². The van der Waals surface area contributed by atoms with Gasteiger partial charge in [0.25, 0.3) is 0 Å². The Kier molecular flexibility index (Phi) is 2.65. The highest BCUT2D eigenvalue weighted by Gasteiger charge is 2.66. The van der Waals surface area contributed by atoms with E-state index in [9.17, 15) is 22.8 Å². The van der Waals surface area contributed by atoms with Crippen molar-refractivity contribution in [2.24, 2.45) is 11.8 Å². The summed E-state index contributed by atoms with van der Waals surface area (Å²) in [6.45, 7) is 1.72. The Hall–Kier alpha value is -2.15. The van der Waals surface area contributed by atoms with Crippen LogP contribution in [0.4, 0.5) is 18.9 Å². The first-order valence-electron chi connectivity index (χ1n) is 7.15. The van der Waals surface area contributed by atoms with Gasteiger partial charge in [-0.25, -0.2) is 4.90 Å². The minimum Gasteiger partial charge on any atom is -0.362 e. The zero-order valence-electron chi connectivity index (χ0n) is 12.0. The van der Waals surface area contributed by atoms with Gasteiger partial charge in [0, 0.05) is 0 Å². The third-order valence-corrected chi connectivity index (χ3v) is 4.76. The lowest BCUT2D eigenvalue weighted by molar-refractivity contribution is -0.137. The average molecular weight is 323 g/mol. The number of nitrogens with zero attached hydrogens (tertiary/aromatic N) is 1. The number of halogens is 3. The Bertz CT molecular complexity index is 757. The zero-order chi connectivity index (χ0) is 16.6. The summed E-state index contributed by atoms with van der Waals surface area (Å²) in [6.07, 6.45) is -1.54. The fourth-order valence-corrected chi connectivity index (χ4v) is 3.73. The average Bonchev–Trinajstić information content (AvgIpc) is 3.07. The molecule has 0 aromatic heterocycles. The van der Waals surface area contributed by atoms with E-state index in [4.69, 9.17) is 4.74 Å². The number of hydrogen-bond acceptors (Lipinski definition) is 3. The predicted octanol–water partition coefficient (Wildman–Crippen LogP) is 2.54. The molecule has 0 unspecified atom stereocenters. The van der Waals surface area contributed by atoms with E-state index in [0.717, 1.165) is 17.0 Å². The van der Waals surface area contributed by atoms with Crippen molar-refractivity contribution in [3.63, 3.8) is 0 Å². The van der Waals surface area contributed by atoms with Crippen LogP contribution in [0.25, 0.3) is 0 Å². The Morgan fingerprint density at radius 1 is 1.22 bits per heavy atom. The molecule has 3 heterocycles. The summed E-state index contributed by atoms with van der Waals surface area (Å²) >= 11 is 0. The number of benzene rings is 1. The Morgan fingerprint density at radius 2 is 1.96 bits per heavy atom. The molecule has 0 radical (unpaired) electrons. The number of fused-ring (bicyclic) bond motifs is 5. The summed E-state index contributed by atoms with van der Waals surface area (Å²) in [7, 11) is 0. The Morgan fingerprint density at radius 3 is 2.61 bits per heavy atom. The van der Waals surface area contributed by atoms with Gasteiger partial charge in [0.1, 0.15) is 0 Å². The lowest BCUT2D eigenvalue weighted by Gasteiger charge is -2.24. The summed E-state index contributed by atoms with van der Waals surface area (Å²) in [4.78, 5) is 26.1. The highest BCUT2D eigenvalue weighted by atomic mass is 19.4. The summed E-state index contributed by atoms with van der Waals surface area (Å²) in [6, 6.07) is 4.27. The van der Waals surface area contributed by atoms with E-state index in [2.05, 4.69) is 0 Å². The van der Waals surface area contributed by atoms with Crippen LogP contribution < -0.4 is 4.90 Å². The number of carbonyl (C=O) groups is 2. The summed E-state index contributed by atoms with van der Waals surface area (Å²) in [5.74, 6) is -2.35. The van der Waals surface area contributed by atoms with E-state index in [1.54, 1.807) is 19.1 Å². The summed E-state index contributed by atoms with van der Waals surface area (Å²) < 4.78 is 44.2. The van der Waals surface area contributed by atoms with Crippen LogP contribution in [0.2, 0.25) is 0 Å². The topological polar surface area (TPSA) is 46.6 Å². The molecule has 120 valence electrons. The van der Waals surface area contributed by atoms with Crippen LogP contribution in [0, 0.1) is 11.8 Å². The quantitative estimate of drug-likeness (QED) is 0.589. The maximum absolute atomic E-state index is 12.9. The smallest absolute Gasteiger partial charge is 0.362 e. The fraction of sp³-hybridized carbons (Fsp3) is 0.375. The minimum absolute atomic E-state index is 0.0489. The number of rotatable bonds is 1. The van der Waals surface area contributed by atoms with Gasteiger partial charge in [-0.3, -0.25) is 9.59 Å². The lowest BCUT2D eigenvalue weighted by atomic mass is 9.78. The first-order chi connectivity index (χ1) is 10.7. The van der Waals surface area contributed by atoms with E-state index in [0.29, 0.717) is 0 Å². The molecule has 3 aliphatic heterocycles. The molecule has 23 heavy (non-hydrogen) atoms. The number of hydrogen-bond donors (Lipinski definition) is 0. The molecule has 2 fully saturated rings. The summed E-state index contributed by atoms with van der Waals surface area (Å²) in [5, 5.41) is 0. The van der Waals surface area contributed by atoms with Gasteiger partial charge in [0.15, 0.2) is 0 Å². The van der Waals surface area contributed by atoms with Crippen molar-refractivity contribution in [3.8, 4) is 0 Å². The second-order valence-corrected chi connectivity index (χ2v) is 6.19. The molecule has 3 aliphatic rings. The van der Waals surface area contributed by atoms with Crippen molar-refractivity contribution >= 4 is 17.5 Å². The zero-order valence-corrected chi connectivity index (χ0v) is 12.0. The van der Waals surface area contributed by atoms with Crippen molar-refractivity contribution in [2.45, 2.75) is 24.8 Å². The highest BCUT2D eigenvalue weighted by Crippen LogP contribution is 2.52. The third kappa shape index (κ3) is 1.83. The van der Waals surface area contributed by atoms with Gasteiger partial charge in [-0.1, -0.05) is 18.2 Å². The van der Waals surface area contributed by atoms with Gasteiger partial charge in [0.2, 0.25) is 11.8 Å². The highest BCUT2D eigenvalue weighted by molar-refractivity contribution is 6.23. The summed E-state index contributed by atoms with van der Waals surface area (Å²) in [5.41, 5.74) is -1.80. The number of imide groups is 1. The van der Waals surface area contributed by atoms with Crippen molar-refractivity contribution in [1.82, 2.24) is 0 Å². The van der Waals surface area contributed by atoms with Gasteiger partial charge in [0.05, 0.1) is 34.8 Å². The molecule has 0 saturated carbocycles. The van der Waals surface area contributed by atoms with E-state index in [1.165, 1.54) is 12.1 Å². The van der Waals surface area contributed by atoms with E-state index in [-0.39, 0.29) is 5.69 Å². The number of anilines is 1. The molecule has 0 spiro atoms. The standard InChI is InChI=1S/C16H12F3NO3/c1-15-6-5-10(23-15)11-12(15)14(22)20(13(11)21)9-4-2-3-8(7-9)16(17,18)19/h2-7,10-12H,1H3/t10-,11-,12+,15+/m0/s1. The van der Waals surface area contributed by atoms with E-state index < -0.39 is 47.1 Å². The van der Waals surface area contributed by atoms with Crippen molar-refractivity contribution < 1.29 is 27.5 Å². The van der Waals surface area contributed by atoms with Gasteiger partial charge >= 0.3 is 6.18 Å². The van der Waals surface area contributed by atoms with Crippen LogP contribution in [0.5, 0.6) is 0 Å². The van der Waals surface area contributed by atoms with Crippen LogP contribution in [-0.4, -0.2) is 23.5 Å². The maximum atomic E-state index is 12.9. The van der Waals surface area contributed by atoms with E-state index >= 15 is 0 Å². The number of ether oxygens (including phenoxy) is 1. The number of carbonyl (C=O) groups excluding carboxylic acids is 2. The van der Waals surface area contributed by atoms with Gasteiger partial charge in [-0.05, 0) is 25.1 Å². The van der Waals surface area contributed by atoms with Gasteiger partial charge in [-0.2, -0.15) is 13.2 Å². The van der Waals surface area contributed by atoms with E-state index in [1.807, 2.05) is 0 Å². The molecule has 4 rings (SSSR count). The lowest BCUT2D eigenvalue weighted by Crippen LogP contribution is -2.38. The Labute approximate surface area is 129 Å². The third-order valence-electron chi connectivity index (χ3n) is 4.76. The molecule has 7 heteroatoms. The van der Waals surface area contributed by atoms with Crippen molar-refractivity contribution in [1.29, 1.82) is 0 Å². The molecule has 1 aromatic carbocycles. The van der Waals surface area contributed by atoms with Crippen LogP contribution >= 0.6 is 0 Å². The van der Waals surface area contributed by atoms with Gasteiger partial charge < -0.3 is 4.74 Å². The number of alkyl halides is 3. The monoisotopic (exact) mass is 323 g/mol. The molecular formula is C16H12F3NO3. The Balaban J connectivity index is 1.75. The molecule has 2 amide bonds. The van der Waals surface area contributed by atoms with Gasteiger partial charge in [-0.15, -0.1) is 0 Å². The normalized spacial score (nSPS) is 35.3. The second kappa shape index (κ2) is 4.23. The van der Waals surface area contributed by atoms with Crippen LogP contribution in [0.3, 0.4) is 0 Å². The fourth-order valence-electron chi connectivity index (χ4n) is 3.73. The molecule has 4 nitrogen and oxygen atoms in total. The number of amides is 2. The van der Waals surface area contributed by atoms with Crippen LogP contribution in [0.1, 0.15) is 12.5 Å². The largest absolute Gasteiger partial charge is 0.416 e. The van der Waals surface area contributed by atoms with Crippen molar-refractivity contribution in [3.05, 3.63) is 42.0 Å². The first-order valence-corrected chi connectivity index (χ1v) is 7.15. The molecule has 2 saturated heterocycles. The first kappa shape index (κ1) is 14.4. The molecular weight excluding hydrogens is 311 g/mol. The van der Waals surface area contributed by atoms with Crippen LogP contribution in [-0.2, 0) is 20.5 Å². The molecule has 1 aromatic rings. The maximum Gasteiger partial charge on any atom is 0.416 e. The molecule has 0 aliphatic carbocycles. The molecule has 2 bridgehead atoms. The predicted molar refractivity (Wildman–Crippen MR) is 73.3 cm³/mol. The molecule has 4 atom stereocenters. The SMILES string of the molecule is C[C@]12C=C[C@H](O1)[C@@H]1C(=O)N(c3cccc(C(F)(F)F)c3)C(=O)[C@@H]12. The minimum atomic E-state index is -4.53.